The Morgan fingerprint density at radius 3 is 1.23 bits per heavy atom. The number of allylic oxidation sites excluding steroid dienone is 8. The standard InChI is InChI=1S/C44H82NO2/c1-6-8-10-12-14-16-18-20-22-24-26-28-30-32-34-36-39-43(47-44(46)41-38-42-45(3,4)5)40-37-35-33-31-29-27-25-23-21-19-17-15-13-11-9-7-2/h14-17,20-23,43H,6-13,18-19,24-42H2,1-5H3/q+1/b16-14-,17-15-,22-20-,23-21-. The Hall–Kier alpha value is -1.61. The van der Waals surface area contributed by atoms with E-state index in [0.717, 1.165) is 43.1 Å². The molecule has 0 saturated heterocycles. The van der Waals surface area contributed by atoms with Gasteiger partial charge in [0.1, 0.15) is 6.10 Å². The molecular formula is C44H82NO2+. The normalized spacial score (nSPS) is 12.6. The first kappa shape index (κ1) is 45.4. The van der Waals surface area contributed by atoms with Gasteiger partial charge >= 0.3 is 5.97 Å². The number of nitrogens with zero attached hydrogens (tertiary/aromatic N) is 1. The van der Waals surface area contributed by atoms with Crippen LogP contribution in [0.1, 0.15) is 194 Å². The molecule has 0 aliphatic heterocycles. The average molecular weight is 657 g/mol. The Balaban J connectivity index is 4.09. The van der Waals surface area contributed by atoms with Gasteiger partial charge in [-0.3, -0.25) is 4.79 Å². The Bertz CT molecular complexity index is 724. The second-order valence-corrected chi connectivity index (χ2v) is 15.0. The second-order valence-electron chi connectivity index (χ2n) is 15.0. The van der Waals surface area contributed by atoms with Gasteiger partial charge in [-0.15, -0.1) is 0 Å². The molecule has 0 aromatic carbocycles. The molecule has 0 rings (SSSR count). The van der Waals surface area contributed by atoms with Crippen molar-refractivity contribution in [2.24, 2.45) is 0 Å². The predicted molar refractivity (Wildman–Crippen MR) is 210 cm³/mol. The lowest BCUT2D eigenvalue weighted by molar-refractivity contribution is -0.870. The topological polar surface area (TPSA) is 26.3 Å². The molecule has 0 aliphatic carbocycles. The van der Waals surface area contributed by atoms with Gasteiger partial charge in [0.15, 0.2) is 0 Å². The van der Waals surface area contributed by atoms with Crippen molar-refractivity contribution in [3.63, 3.8) is 0 Å². The van der Waals surface area contributed by atoms with Crippen molar-refractivity contribution >= 4 is 5.97 Å². The maximum Gasteiger partial charge on any atom is 0.306 e. The summed E-state index contributed by atoms with van der Waals surface area (Å²) in [7, 11) is 6.56. The van der Waals surface area contributed by atoms with Crippen LogP contribution in [0.5, 0.6) is 0 Å². The third-order valence-corrected chi connectivity index (χ3v) is 8.96. The summed E-state index contributed by atoms with van der Waals surface area (Å²) in [6.45, 7) is 5.54. The van der Waals surface area contributed by atoms with Gasteiger partial charge in [0.2, 0.25) is 0 Å². The number of unbranched alkanes of at least 4 members (excludes halogenated alkanes) is 18. The number of quaternary nitrogens is 1. The van der Waals surface area contributed by atoms with Gasteiger partial charge in [-0.05, 0) is 89.9 Å². The Morgan fingerprint density at radius 2 is 0.851 bits per heavy atom. The summed E-state index contributed by atoms with van der Waals surface area (Å²) in [5.74, 6) is 0.0172. The van der Waals surface area contributed by atoms with Gasteiger partial charge in [-0.2, -0.15) is 0 Å². The SMILES string of the molecule is CCCCC/C=C\C/C=C\CCCCCCCCC(CCCCCCCC/C=C\C/C=C\CCCCC)OC(=O)CCC[N+](C)(C)C. The lowest BCUT2D eigenvalue weighted by atomic mass is 10.0. The first-order valence-electron chi connectivity index (χ1n) is 20.5. The monoisotopic (exact) mass is 657 g/mol. The van der Waals surface area contributed by atoms with Crippen LogP contribution >= 0.6 is 0 Å². The van der Waals surface area contributed by atoms with Crippen molar-refractivity contribution < 1.29 is 14.0 Å². The lowest BCUT2D eigenvalue weighted by Gasteiger charge is -2.24. The van der Waals surface area contributed by atoms with E-state index in [-0.39, 0.29) is 12.1 Å². The van der Waals surface area contributed by atoms with E-state index in [1.165, 1.54) is 141 Å². The summed E-state index contributed by atoms with van der Waals surface area (Å²) in [4.78, 5) is 12.6. The third-order valence-electron chi connectivity index (χ3n) is 8.96. The first-order valence-corrected chi connectivity index (χ1v) is 20.5. The van der Waals surface area contributed by atoms with E-state index in [1.54, 1.807) is 0 Å². The van der Waals surface area contributed by atoms with E-state index < -0.39 is 0 Å². The fraction of sp³-hybridized carbons (Fsp3) is 0.795. The van der Waals surface area contributed by atoms with E-state index in [2.05, 4.69) is 83.6 Å². The molecule has 0 aromatic rings. The highest BCUT2D eigenvalue weighted by Gasteiger charge is 2.16. The molecule has 0 fully saturated rings. The van der Waals surface area contributed by atoms with Crippen LogP contribution in [-0.4, -0.2) is 44.2 Å². The lowest BCUT2D eigenvalue weighted by Crippen LogP contribution is -2.35. The highest BCUT2D eigenvalue weighted by Crippen LogP contribution is 2.18. The van der Waals surface area contributed by atoms with Gasteiger partial charge < -0.3 is 9.22 Å². The fourth-order valence-electron chi connectivity index (χ4n) is 5.93. The summed E-state index contributed by atoms with van der Waals surface area (Å²) >= 11 is 0. The molecule has 0 radical (unpaired) electrons. The molecule has 0 aliphatic rings. The van der Waals surface area contributed by atoms with Crippen molar-refractivity contribution in [3.05, 3.63) is 48.6 Å². The molecule has 0 amide bonds. The minimum absolute atomic E-state index is 0.0172. The van der Waals surface area contributed by atoms with Crippen LogP contribution in [0.25, 0.3) is 0 Å². The number of carbonyl (C=O) groups is 1. The number of carbonyl (C=O) groups excluding carboxylic acids is 1. The molecule has 3 heteroatoms. The number of esters is 1. The van der Waals surface area contributed by atoms with E-state index in [1.807, 2.05) is 0 Å². The van der Waals surface area contributed by atoms with Crippen LogP contribution in [0.15, 0.2) is 48.6 Å². The zero-order valence-electron chi connectivity index (χ0n) is 32.5. The minimum atomic E-state index is 0.0172. The zero-order chi connectivity index (χ0) is 34.5. The van der Waals surface area contributed by atoms with Crippen molar-refractivity contribution in [1.29, 1.82) is 0 Å². The smallest absolute Gasteiger partial charge is 0.306 e. The zero-order valence-corrected chi connectivity index (χ0v) is 32.5. The third kappa shape index (κ3) is 38.7. The summed E-state index contributed by atoms with van der Waals surface area (Å²) in [6, 6.07) is 0. The Labute approximate surface area is 295 Å². The van der Waals surface area contributed by atoms with E-state index in [4.69, 9.17) is 4.74 Å². The van der Waals surface area contributed by atoms with Gasteiger partial charge in [-0.25, -0.2) is 0 Å². The molecule has 0 spiro atoms. The quantitative estimate of drug-likeness (QED) is 0.0294. The van der Waals surface area contributed by atoms with Crippen LogP contribution in [0.3, 0.4) is 0 Å². The van der Waals surface area contributed by atoms with E-state index >= 15 is 0 Å². The Kier molecular flexibility index (Phi) is 34.5. The highest BCUT2D eigenvalue weighted by molar-refractivity contribution is 5.69. The van der Waals surface area contributed by atoms with Crippen molar-refractivity contribution in [3.8, 4) is 0 Å². The van der Waals surface area contributed by atoms with Crippen LogP contribution in [0.4, 0.5) is 0 Å². The average Bonchev–Trinajstić information content (AvgIpc) is 3.03. The van der Waals surface area contributed by atoms with Crippen molar-refractivity contribution in [1.82, 2.24) is 0 Å². The summed E-state index contributed by atoms with van der Waals surface area (Å²) in [6.07, 6.45) is 52.8. The van der Waals surface area contributed by atoms with Crippen LogP contribution in [-0.2, 0) is 9.53 Å². The highest BCUT2D eigenvalue weighted by atomic mass is 16.5. The van der Waals surface area contributed by atoms with Gasteiger partial charge in [0, 0.05) is 6.42 Å². The molecule has 0 atom stereocenters. The maximum absolute atomic E-state index is 12.6. The number of hydrogen-bond donors (Lipinski definition) is 0. The van der Waals surface area contributed by atoms with Gasteiger partial charge in [0.05, 0.1) is 34.1 Å². The van der Waals surface area contributed by atoms with Crippen LogP contribution in [0, 0.1) is 0 Å². The van der Waals surface area contributed by atoms with E-state index in [9.17, 15) is 4.79 Å². The van der Waals surface area contributed by atoms with Crippen molar-refractivity contribution in [2.75, 3.05) is 27.7 Å². The Morgan fingerprint density at radius 1 is 0.489 bits per heavy atom. The van der Waals surface area contributed by atoms with Crippen LogP contribution < -0.4 is 0 Å². The molecule has 0 unspecified atom stereocenters. The minimum Gasteiger partial charge on any atom is -0.462 e. The van der Waals surface area contributed by atoms with Crippen LogP contribution in [0.2, 0.25) is 0 Å². The summed E-state index contributed by atoms with van der Waals surface area (Å²) < 4.78 is 6.94. The number of ether oxygens (including phenoxy) is 1. The molecule has 0 heterocycles. The number of hydrogen-bond acceptors (Lipinski definition) is 2. The molecule has 0 N–H and O–H groups in total. The molecule has 0 bridgehead atoms. The van der Waals surface area contributed by atoms with Gasteiger partial charge in [0.25, 0.3) is 0 Å². The molecule has 274 valence electrons. The first-order chi connectivity index (χ1) is 22.9. The summed E-state index contributed by atoms with van der Waals surface area (Å²) in [5.41, 5.74) is 0. The molecule has 47 heavy (non-hydrogen) atoms. The fourth-order valence-corrected chi connectivity index (χ4v) is 5.93. The molecule has 0 saturated carbocycles. The number of rotatable bonds is 35. The molecular weight excluding hydrogens is 574 g/mol. The maximum atomic E-state index is 12.6. The molecule has 0 aromatic heterocycles. The van der Waals surface area contributed by atoms with Gasteiger partial charge in [-0.1, -0.05) is 140 Å². The van der Waals surface area contributed by atoms with Crippen molar-refractivity contribution in [2.45, 2.75) is 200 Å². The predicted octanol–water partition coefficient (Wildman–Crippen LogP) is 13.8. The van der Waals surface area contributed by atoms with E-state index in [0.29, 0.717) is 6.42 Å². The largest absolute Gasteiger partial charge is 0.462 e. The molecule has 3 nitrogen and oxygen atoms in total. The second kappa shape index (κ2) is 35.7. The summed E-state index contributed by atoms with van der Waals surface area (Å²) in [5, 5.41) is 0.